The van der Waals surface area contributed by atoms with Crippen LogP contribution >= 0.6 is 0 Å². The Morgan fingerprint density at radius 1 is 0.935 bits per heavy atom. The van der Waals surface area contributed by atoms with Gasteiger partial charge in [0.15, 0.2) is 11.5 Å². The second-order valence-electron chi connectivity index (χ2n) is 7.18. The Kier molecular flexibility index (Phi) is 8.28. The minimum Gasteiger partial charge on any atom is -0.506 e. The Balaban J connectivity index is 1.25. The molecule has 0 spiro atoms. The van der Waals surface area contributed by atoms with E-state index >= 15 is 0 Å². The predicted molar refractivity (Wildman–Crippen MR) is 118 cm³/mol. The van der Waals surface area contributed by atoms with Crippen molar-refractivity contribution in [2.24, 2.45) is 5.10 Å². The van der Waals surface area contributed by atoms with E-state index in [0.717, 1.165) is 31.2 Å². The summed E-state index contributed by atoms with van der Waals surface area (Å²) in [5.74, 6) is 1.16. The third-order valence-corrected chi connectivity index (χ3v) is 4.70. The lowest BCUT2D eigenvalue weighted by Crippen LogP contribution is -2.17. The number of fused-ring (bicyclic) bond motifs is 1. The molecule has 0 atom stereocenters. The maximum atomic E-state index is 11.9. The normalized spacial score (nSPS) is 12.5. The van der Waals surface area contributed by atoms with Crippen LogP contribution in [0.1, 0.15) is 44.1 Å². The number of hydrazone groups is 1. The van der Waals surface area contributed by atoms with E-state index in [-0.39, 0.29) is 17.6 Å². The van der Waals surface area contributed by atoms with E-state index < -0.39 is 0 Å². The van der Waals surface area contributed by atoms with Crippen molar-refractivity contribution < 1.29 is 24.2 Å². The average molecular weight is 425 g/mol. The van der Waals surface area contributed by atoms with E-state index in [9.17, 15) is 14.7 Å². The van der Waals surface area contributed by atoms with E-state index in [2.05, 4.69) is 15.8 Å². The van der Waals surface area contributed by atoms with Gasteiger partial charge in [0.2, 0.25) is 11.8 Å². The number of hydrogen-bond donors (Lipinski definition) is 3. The van der Waals surface area contributed by atoms with E-state index in [1.54, 1.807) is 24.4 Å². The van der Waals surface area contributed by atoms with Crippen LogP contribution in [-0.4, -0.2) is 36.3 Å². The van der Waals surface area contributed by atoms with Crippen LogP contribution < -0.4 is 20.2 Å². The number of para-hydroxylation sites is 2. The molecule has 1 heterocycles. The monoisotopic (exact) mass is 425 g/mol. The summed E-state index contributed by atoms with van der Waals surface area (Å²) in [5.41, 5.74) is 3.75. The first-order chi connectivity index (χ1) is 15.1. The Morgan fingerprint density at radius 2 is 1.65 bits per heavy atom. The number of carbonyl (C=O) groups is 2. The zero-order valence-electron chi connectivity index (χ0n) is 17.3. The number of nitrogens with one attached hydrogen (secondary N) is 2. The Bertz CT molecular complexity index is 929. The molecule has 31 heavy (non-hydrogen) atoms. The maximum absolute atomic E-state index is 11.9. The standard InChI is InChI=1S/C23H27N3O5/c27-19-8-6-5-7-18(19)25-22(28)9-3-1-2-4-10-23(29)26-24-16-17-11-12-20-21(15-17)31-14-13-30-20/h5-8,11-12,15-16,27H,1-4,9-10,13-14H2,(H,25,28)(H,26,29)/b24-16+. The first-order valence-electron chi connectivity index (χ1n) is 10.4. The summed E-state index contributed by atoms with van der Waals surface area (Å²) in [5, 5.41) is 16.3. The smallest absolute Gasteiger partial charge is 0.240 e. The van der Waals surface area contributed by atoms with Crippen molar-refractivity contribution in [3.8, 4) is 17.2 Å². The summed E-state index contributed by atoms with van der Waals surface area (Å²) < 4.78 is 11.0. The molecule has 0 fully saturated rings. The number of phenols is 1. The molecule has 0 aromatic heterocycles. The Hall–Kier alpha value is -3.55. The van der Waals surface area contributed by atoms with Gasteiger partial charge in [-0.05, 0) is 48.7 Å². The van der Waals surface area contributed by atoms with Crippen LogP contribution in [0.4, 0.5) is 5.69 Å². The molecule has 0 saturated carbocycles. The van der Waals surface area contributed by atoms with Crippen molar-refractivity contribution in [3.63, 3.8) is 0 Å². The van der Waals surface area contributed by atoms with Crippen LogP contribution in [0, 0.1) is 0 Å². The highest BCUT2D eigenvalue weighted by Crippen LogP contribution is 2.30. The lowest BCUT2D eigenvalue weighted by molar-refractivity contribution is -0.121. The molecule has 2 aromatic rings. The summed E-state index contributed by atoms with van der Waals surface area (Å²) >= 11 is 0. The second kappa shape index (κ2) is 11.6. The van der Waals surface area contributed by atoms with Gasteiger partial charge in [-0.25, -0.2) is 5.43 Å². The molecule has 8 nitrogen and oxygen atoms in total. The van der Waals surface area contributed by atoms with Crippen molar-refractivity contribution in [2.45, 2.75) is 38.5 Å². The first-order valence-corrected chi connectivity index (χ1v) is 10.4. The van der Waals surface area contributed by atoms with E-state index in [4.69, 9.17) is 9.47 Å². The zero-order valence-corrected chi connectivity index (χ0v) is 17.3. The lowest BCUT2D eigenvalue weighted by Gasteiger charge is -2.18. The van der Waals surface area contributed by atoms with Crippen molar-refractivity contribution in [1.82, 2.24) is 5.43 Å². The number of unbranched alkanes of at least 4 members (excludes halogenated alkanes) is 3. The van der Waals surface area contributed by atoms with Crippen LogP contribution in [0.25, 0.3) is 0 Å². The third-order valence-electron chi connectivity index (χ3n) is 4.70. The van der Waals surface area contributed by atoms with Gasteiger partial charge >= 0.3 is 0 Å². The fourth-order valence-corrected chi connectivity index (χ4v) is 3.09. The Labute approximate surface area is 181 Å². The fraction of sp³-hybridized carbons (Fsp3) is 0.348. The van der Waals surface area contributed by atoms with Crippen molar-refractivity contribution in [1.29, 1.82) is 0 Å². The van der Waals surface area contributed by atoms with Gasteiger partial charge in [0.05, 0.1) is 11.9 Å². The van der Waals surface area contributed by atoms with E-state index in [1.165, 1.54) is 6.07 Å². The molecular weight excluding hydrogens is 398 g/mol. The minimum absolute atomic E-state index is 0.0542. The molecule has 3 rings (SSSR count). The van der Waals surface area contributed by atoms with E-state index in [1.807, 2.05) is 18.2 Å². The van der Waals surface area contributed by atoms with Gasteiger partial charge in [-0.1, -0.05) is 25.0 Å². The number of rotatable bonds is 10. The number of amides is 2. The molecule has 3 N–H and O–H groups in total. The summed E-state index contributed by atoms with van der Waals surface area (Å²) in [6.07, 6.45) is 5.48. The van der Waals surface area contributed by atoms with Crippen molar-refractivity contribution in [2.75, 3.05) is 18.5 Å². The molecular formula is C23H27N3O5. The number of hydrogen-bond acceptors (Lipinski definition) is 6. The SMILES string of the molecule is O=C(CCCCCCC(=O)Nc1ccccc1O)N/N=C/c1ccc2c(c1)OCCO2. The summed E-state index contributed by atoms with van der Waals surface area (Å²) in [4.78, 5) is 23.8. The molecule has 2 amide bonds. The van der Waals surface area contributed by atoms with Crippen molar-refractivity contribution in [3.05, 3.63) is 48.0 Å². The van der Waals surface area contributed by atoms with Crippen LogP contribution in [0.5, 0.6) is 17.2 Å². The predicted octanol–water partition coefficient (Wildman–Crippen LogP) is 3.59. The van der Waals surface area contributed by atoms with Crippen LogP contribution in [0.3, 0.4) is 0 Å². The fourth-order valence-electron chi connectivity index (χ4n) is 3.09. The van der Waals surface area contributed by atoms with Gasteiger partial charge in [-0.3, -0.25) is 9.59 Å². The number of benzene rings is 2. The number of aromatic hydroxyl groups is 1. The number of ether oxygens (including phenoxy) is 2. The number of carbonyl (C=O) groups excluding carboxylic acids is 2. The van der Waals surface area contributed by atoms with Gasteiger partial charge in [-0.2, -0.15) is 5.10 Å². The maximum Gasteiger partial charge on any atom is 0.240 e. The van der Waals surface area contributed by atoms with Gasteiger partial charge in [-0.15, -0.1) is 0 Å². The molecule has 1 aliphatic heterocycles. The topological polar surface area (TPSA) is 109 Å². The van der Waals surface area contributed by atoms with Crippen molar-refractivity contribution >= 4 is 23.7 Å². The summed E-state index contributed by atoms with van der Waals surface area (Å²) in [6.45, 7) is 1.06. The van der Waals surface area contributed by atoms with Gasteiger partial charge < -0.3 is 19.9 Å². The molecule has 164 valence electrons. The lowest BCUT2D eigenvalue weighted by atomic mass is 10.1. The van der Waals surface area contributed by atoms with E-state index in [0.29, 0.717) is 43.2 Å². The summed E-state index contributed by atoms with van der Waals surface area (Å²) in [7, 11) is 0. The molecule has 0 aliphatic carbocycles. The molecule has 0 saturated heterocycles. The van der Waals surface area contributed by atoms with Gasteiger partial charge in [0.25, 0.3) is 0 Å². The zero-order chi connectivity index (χ0) is 21.9. The molecule has 0 bridgehead atoms. The highest BCUT2D eigenvalue weighted by atomic mass is 16.6. The molecule has 0 unspecified atom stereocenters. The molecule has 1 aliphatic rings. The Morgan fingerprint density at radius 3 is 2.42 bits per heavy atom. The molecule has 0 radical (unpaired) electrons. The highest BCUT2D eigenvalue weighted by molar-refractivity contribution is 5.92. The second-order valence-corrected chi connectivity index (χ2v) is 7.18. The quantitative estimate of drug-likeness (QED) is 0.233. The van der Waals surface area contributed by atoms with Crippen LogP contribution in [-0.2, 0) is 9.59 Å². The largest absolute Gasteiger partial charge is 0.506 e. The summed E-state index contributed by atoms with van der Waals surface area (Å²) in [6, 6.07) is 12.1. The minimum atomic E-state index is -0.147. The molecule has 8 heteroatoms. The number of anilines is 1. The van der Waals surface area contributed by atoms with Crippen LogP contribution in [0.15, 0.2) is 47.6 Å². The molecule has 2 aromatic carbocycles. The number of nitrogens with zero attached hydrogens (tertiary/aromatic N) is 1. The highest BCUT2D eigenvalue weighted by Gasteiger charge is 2.11. The van der Waals surface area contributed by atoms with Crippen LogP contribution in [0.2, 0.25) is 0 Å². The average Bonchev–Trinajstić information content (AvgIpc) is 2.77. The third kappa shape index (κ3) is 7.33. The number of phenolic OH excluding ortho intramolecular Hbond substituents is 1. The van der Waals surface area contributed by atoms with Gasteiger partial charge in [0, 0.05) is 12.8 Å². The first kappa shape index (κ1) is 22.1. The van der Waals surface area contributed by atoms with Gasteiger partial charge in [0.1, 0.15) is 19.0 Å².